The van der Waals surface area contributed by atoms with E-state index in [4.69, 9.17) is 0 Å². The number of carbonyl (C=O) groups excluding carboxylic acids is 1. The standard InChI is InChI=1S/C13H10F3NO/c1-17-12(18)9-5-6-10-8(7-9)3-2-4-11(10)13(14,15)16/h2-7H,1H3,(H,17,18). The van der Waals surface area contributed by atoms with Gasteiger partial charge in [0.1, 0.15) is 0 Å². The second-order valence-corrected chi connectivity index (χ2v) is 3.82. The normalized spacial score (nSPS) is 11.6. The molecular weight excluding hydrogens is 243 g/mol. The number of benzene rings is 2. The summed E-state index contributed by atoms with van der Waals surface area (Å²) in [6, 6.07) is 8.07. The summed E-state index contributed by atoms with van der Waals surface area (Å²) < 4.78 is 38.3. The molecule has 0 aliphatic carbocycles. The van der Waals surface area contributed by atoms with E-state index in [-0.39, 0.29) is 11.3 Å². The van der Waals surface area contributed by atoms with Gasteiger partial charge in [-0.2, -0.15) is 13.2 Å². The second kappa shape index (κ2) is 4.33. The van der Waals surface area contributed by atoms with Crippen LogP contribution in [-0.2, 0) is 6.18 Å². The molecule has 0 fully saturated rings. The molecule has 0 bridgehead atoms. The first-order chi connectivity index (χ1) is 8.43. The van der Waals surface area contributed by atoms with Gasteiger partial charge in [0.15, 0.2) is 0 Å². The zero-order chi connectivity index (χ0) is 13.3. The van der Waals surface area contributed by atoms with E-state index in [0.717, 1.165) is 6.07 Å². The molecule has 0 heterocycles. The molecule has 2 rings (SSSR count). The summed E-state index contributed by atoms with van der Waals surface area (Å²) >= 11 is 0. The molecule has 0 aliphatic rings. The minimum Gasteiger partial charge on any atom is -0.355 e. The monoisotopic (exact) mass is 253 g/mol. The highest BCUT2D eigenvalue weighted by atomic mass is 19.4. The maximum atomic E-state index is 12.8. The van der Waals surface area contributed by atoms with Gasteiger partial charge in [0.05, 0.1) is 5.56 Å². The average Bonchev–Trinajstić information content (AvgIpc) is 2.35. The molecule has 0 saturated heterocycles. The van der Waals surface area contributed by atoms with E-state index in [1.807, 2.05) is 0 Å². The Bertz CT molecular complexity index is 605. The van der Waals surface area contributed by atoms with E-state index < -0.39 is 11.7 Å². The topological polar surface area (TPSA) is 29.1 Å². The Morgan fingerprint density at radius 2 is 1.89 bits per heavy atom. The van der Waals surface area contributed by atoms with Crippen LogP contribution in [-0.4, -0.2) is 13.0 Å². The largest absolute Gasteiger partial charge is 0.417 e. The van der Waals surface area contributed by atoms with Crippen LogP contribution in [0.25, 0.3) is 10.8 Å². The average molecular weight is 253 g/mol. The summed E-state index contributed by atoms with van der Waals surface area (Å²) in [7, 11) is 1.47. The van der Waals surface area contributed by atoms with E-state index in [1.165, 1.54) is 31.3 Å². The Kier molecular flexibility index (Phi) is 2.98. The van der Waals surface area contributed by atoms with E-state index in [1.54, 1.807) is 6.07 Å². The van der Waals surface area contributed by atoms with Crippen LogP contribution in [0.15, 0.2) is 36.4 Å². The molecule has 2 nitrogen and oxygen atoms in total. The van der Waals surface area contributed by atoms with Gasteiger partial charge >= 0.3 is 6.18 Å². The van der Waals surface area contributed by atoms with Crippen molar-refractivity contribution in [3.05, 3.63) is 47.5 Å². The molecule has 94 valence electrons. The smallest absolute Gasteiger partial charge is 0.355 e. The Hall–Kier alpha value is -2.04. The summed E-state index contributed by atoms with van der Waals surface area (Å²) in [5.41, 5.74) is -0.354. The third-order valence-corrected chi connectivity index (χ3v) is 2.68. The fraction of sp³-hybridized carbons (Fsp3) is 0.154. The van der Waals surface area contributed by atoms with Crippen molar-refractivity contribution in [1.82, 2.24) is 5.32 Å². The number of carbonyl (C=O) groups is 1. The van der Waals surface area contributed by atoms with E-state index in [0.29, 0.717) is 10.9 Å². The third-order valence-electron chi connectivity index (χ3n) is 2.68. The Morgan fingerprint density at radius 3 is 2.50 bits per heavy atom. The van der Waals surface area contributed by atoms with Crippen LogP contribution >= 0.6 is 0 Å². The minimum absolute atomic E-state index is 0.0950. The third kappa shape index (κ3) is 2.16. The van der Waals surface area contributed by atoms with Crippen LogP contribution in [0, 0.1) is 0 Å². The minimum atomic E-state index is -4.39. The summed E-state index contributed by atoms with van der Waals surface area (Å²) in [6.45, 7) is 0. The van der Waals surface area contributed by atoms with Gasteiger partial charge in [-0.3, -0.25) is 4.79 Å². The van der Waals surface area contributed by atoms with E-state index in [2.05, 4.69) is 5.32 Å². The van der Waals surface area contributed by atoms with Crippen molar-refractivity contribution in [2.24, 2.45) is 0 Å². The number of nitrogens with one attached hydrogen (secondary N) is 1. The molecule has 1 N–H and O–H groups in total. The molecular formula is C13H10F3NO. The quantitative estimate of drug-likeness (QED) is 0.830. The molecule has 0 aromatic heterocycles. The van der Waals surface area contributed by atoms with Gasteiger partial charge in [-0.15, -0.1) is 0 Å². The van der Waals surface area contributed by atoms with Gasteiger partial charge in [-0.1, -0.05) is 18.2 Å². The molecule has 0 spiro atoms. The van der Waals surface area contributed by atoms with E-state index in [9.17, 15) is 18.0 Å². The second-order valence-electron chi connectivity index (χ2n) is 3.82. The highest BCUT2D eigenvalue weighted by Crippen LogP contribution is 2.34. The van der Waals surface area contributed by atoms with Gasteiger partial charge in [0.25, 0.3) is 5.91 Å². The van der Waals surface area contributed by atoms with Crippen LogP contribution in [0.3, 0.4) is 0 Å². The highest BCUT2D eigenvalue weighted by Gasteiger charge is 2.32. The number of fused-ring (bicyclic) bond motifs is 1. The number of hydrogen-bond donors (Lipinski definition) is 1. The number of hydrogen-bond acceptors (Lipinski definition) is 1. The van der Waals surface area contributed by atoms with Crippen LogP contribution in [0.1, 0.15) is 15.9 Å². The van der Waals surface area contributed by atoms with Gasteiger partial charge < -0.3 is 5.32 Å². The first kappa shape index (κ1) is 12.4. The molecule has 1 amide bonds. The fourth-order valence-electron chi connectivity index (χ4n) is 1.82. The van der Waals surface area contributed by atoms with Crippen molar-refractivity contribution < 1.29 is 18.0 Å². The SMILES string of the molecule is CNC(=O)c1ccc2c(C(F)(F)F)cccc2c1. The summed E-state index contributed by atoms with van der Waals surface area (Å²) in [5.74, 6) is -0.325. The van der Waals surface area contributed by atoms with Crippen molar-refractivity contribution in [2.45, 2.75) is 6.18 Å². The van der Waals surface area contributed by atoms with Crippen LogP contribution in [0.2, 0.25) is 0 Å². The van der Waals surface area contributed by atoms with Crippen molar-refractivity contribution in [2.75, 3.05) is 7.05 Å². The summed E-state index contributed by atoms with van der Waals surface area (Å²) in [4.78, 5) is 11.4. The van der Waals surface area contributed by atoms with Crippen molar-refractivity contribution >= 4 is 16.7 Å². The molecule has 2 aromatic rings. The first-order valence-electron chi connectivity index (χ1n) is 5.25. The molecule has 0 saturated carbocycles. The summed E-state index contributed by atoms with van der Waals surface area (Å²) in [6.07, 6.45) is -4.39. The summed E-state index contributed by atoms with van der Waals surface area (Å²) in [5, 5.41) is 2.92. The van der Waals surface area contributed by atoms with Gasteiger partial charge in [0, 0.05) is 12.6 Å². The maximum Gasteiger partial charge on any atom is 0.417 e. The zero-order valence-electron chi connectivity index (χ0n) is 9.51. The first-order valence-corrected chi connectivity index (χ1v) is 5.25. The van der Waals surface area contributed by atoms with Crippen molar-refractivity contribution in [3.8, 4) is 0 Å². The number of amides is 1. The lowest BCUT2D eigenvalue weighted by atomic mass is 10.0. The Morgan fingerprint density at radius 1 is 1.17 bits per heavy atom. The fourth-order valence-corrected chi connectivity index (χ4v) is 1.82. The number of halogens is 3. The molecule has 0 aliphatic heterocycles. The number of alkyl halides is 3. The highest BCUT2D eigenvalue weighted by molar-refractivity contribution is 5.99. The van der Waals surface area contributed by atoms with E-state index >= 15 is 0 Å². The van der Waals surface area contributed by atoms with Crippen LogP contribution < -0.4 is 5.32 Å². The maximum absolute atomic E-state index is 12.8. The lowest BCUT2D eigenvalue weighted by molar-refractivity contribution is -0.136. The molecule has 0 atom stereocenters. The van der Waals surface area contributed by atoms with Crippen LogP contribution in [0.5, 0.6) is 0 Å². The Balaban J connectivity index is 2.64. The molecule has 2 aromatic carbocycles. The van der Waals surface area contributed by atoms with Gasteiger partial charge in [-0.25, -0.2) is 0 Å². The molecule has 5 heteroatoms. The zero-order valence-corrected chi connectivity index (χ0v) is 9.51. The van der Waals surface area contributed by atoms with Crippen LogP contribution in [0.4, 0.5) is 13.2 Å². The van der Waals surface area contributed by atoms with Gasteiger partial charge in [-0.05, 0) is 29.0 Å². The number of rotatable bonds is 1. The Labute approximate surface area is 101 Å². The lowest BCUT2D eigenvalue weighted by Crippen LogP contribution is -2.17. The molecule has 18 heavy (non-hydrogen) atoms. The predicted octanol–water partition coefficient (Wildman–Crippen LogP) is 3.22. The lowest BCUT2D eigenvalue weighted by Gasteiger charge is -2.10. The predicted molar refractivity (Wildman–Crippen MR) is 62.3 cm³/mol. The van der Waals surface area contributed by atoms with Crippen molar-refractivity contribution in [1.29, 1.82) is 0 Å². The molecule has 0 unspecified atom stereocenters. The molecule has 0 radical (unpaired) electrons. The van der Waals surface area contributed by atoms with Crippen molar-refractivity contribution in [3.63, 3.8) is 0 Å². The van der Waals surface area contributed by atoms with Gasteiger partial charge in [0.2, 0.25) is 0 Å².